The average Bonchev–Trinajstić information content (AvgIpc) is 3.04. The highest BCUT2D eigenvalue weighted by molar-refractivity contribution is 7.86. The number of thiazole rings is 1. The monoisotopic (exact) mass is 495 g/mol. The van der Waals surface area contributed by atoms with Gasteiger partial charge in [0, 0.05) is 16.1 Å². The van der Waals surface area contributed by atoms with Crippen molar-refractivity contribution < 1.29 is 17.4 Å². The molecule has 0 aliphatic heterocycles. The highest BCUT2D eigenvalue weighted by Gasteiger charge is 2.19. The Morgan fingerprint density at radius 2 is 1.76 bits per heavy atom. The van der Waals surface area contributed by atoms with Gasteiger partial charge in [-0.05, 0) is 51.3 Å². The SMILES string of the molecule is CCCCCCCCCC(Nc1cccc(C(=O)Nc2nc(C)c(C)s2)c1C)OS(C)(=O)=O. The van der Waals surface area contributed by atoms with Gasteiger partial charge in [0.15, 0.2) is 5.13 Å². The van der Waals surface area contributed by atoms with Crippen molar-refractivity contribution in [1.82, 2.24) is 4.98 Å². The van der Waals surface area contributed by atoms with Crippen LogP contribution in [-0.2, 0) is 14.3 Å². The van der Waals surface area contributed by atoms with Crippen LogP contribution in [0.4, 0.5) is 10.8 Å². The van der Waals surface area contributed by atoms with E-state index in [0.717, 1.165) is 41.7 Å². The number of nitrogens with one attached hydrogen (secondary N) is 2. The molecule has 184 valence electrons. The van der Waals surface area contributed by atoms with Crippen molar-refractivity contribution in [3.63, 3.8) is 0 Å². The van der Waals surface area contributed by atoms with Gasteiger partial charge < -0.3 is 5.32 Å². The molecule has 0 saturated carbocycles. The molecule has 2 aromatic rings. The molecular weight excluding hydrogens is 458 g/mol. The molecule has 33 heavy (non-hydrogen) atoms. The second-order valence-corrected chi connectivity index (χ2v) is 11.2. The molecule has 1 aromatic heterocycles. The summed E-state index contributed by atoms with van der Waals surface area (Å²) in [6.07, 6.45) is 8.88. The third-order valence-corrected chi connectivity index (χ3v) is 7.07. The standard InChI is InChI=1S/C24H37N3O4S2/c1-6-7-8-9-10-11-12-16-22(31-33(5,29)30)26-21-15-13-14-20(17(21)2)23(28)27-24-25-18(3)19(4)32-24/h13-15,22,26H,6-12,16H2,1-5H3,(H,25,27,28). The van der Waals surface area contributed by atoms with Crippen LogP contribution in [0.3, 0.4) is 0 Å². The highest BCUT2D eigenvalue weighted by atomic mass is 32.2. The number of nitrogens with zero attached hydrogens (tertiary/aromatic N) is 1. The molecule has 1 amide bonds. The molecule has 0 fully saturated rings. The van der Waals surface area contributed by atoms with Crippen LogP contribution in [0.1, 0.15) is 84.8 Å². The van der Waals surface area contributed by atoms with E-state index in [1.807, 2.05) is 26.8 Å². The first-order chi connectivity index (χ1) is 15.6. The molecule has 9 heteroatoms. The van der Waals surface area contributed by atoms with Gasteiger partial charge in [-0.15, -0.1) is 11.3 Å². The van der Waals surface area contributed by atoms with Gasteiger partial charge in [-0.2, -0.15) is 8.42 Å². The number of anilines is 2. The van der Waals surface area contributed by atoms with Crippen LogP contribution in [0.15, 0.2) is 18.2 Å². The van der Waals surface area contributed by atoms with Gasteiger partial charge in [-0.1, -0.05) is 51.5 Å². The molecule has 2 rings (SSSR count). The fourth-order valence-electron chi connectivity index (χ4n) is 3.54. The molecule has 1 atom stereocenters. The smallest absolute Gasteiger partial charge is 0.266 e. The number of carbonyl (C=O) groups is 1. The first-order valence-electron chi connectivity index (χ1n) is 11.6. The summed E-state index contributed by atoms with van der Waals surface area (Å²) < 4.78 is 28.9. The van der Waals surface area contributed by atoms with E-state index < -0.39 is 16.3 Å². The summed E-state index contributed by atoms with van der Waals surface area (Å²) in [7, 11) is -3.63. The quantitative estimate of drug-likeness (QED) is 0.185. The van der Waals surface area contributed by atoms with E-state index in [1.165, 1.54) is 37.0 Å². The lowest BCUT2D eigenvalue weighted by Gasteiger charge is -2.21. The highest BCUT2D eigenvalue weighted by Crippen LogP contribution is 2.25. The summed E-state index contributed by atoms with van der Waals surface area (Å²) in [5.41, 5.74) is 2.79. The van der Waals surface area contributed by atoms with Crippen LogP contribution in [0.5, 0.6) is 0 Å². The van der Waals surface area contributed by atoms with Crippen LogP contribution in [0.2, 0.25) is 0 Å². The number of rotatable bonds is 14. The lowest BCUT2D eigenvalue weighted by atomic mass is 10.1. The lowest BCUT2D eigenvalue weighted by Crippen LogP contribution is -2.27. The zero-order chi connectivity index (χ0) is 24.4. The number of carbonyl (C=O) groups excluding carboxylic acids is 1. The summed E-state index contributed by atoms with van der Waals surface area (Å²) in [5, 5.41) is 6.61. The van der Waals surface area contributed by atoms with Crippen molar-refractivity contribution in [2.45, 2.75) is 85.3 Å². The zero-order valence-corrected chi connectivity index (χ0v) is 22.0. The first kappa shape index (κ1) is 27.3. The summed E-state index contributed by atoms with van der Waals surface area (Å²) in [5.74, 6) is -0.252. The van der Waals surface area contributed by atoms with E-state index in [4.69, 9.17) is 4.18 Å². The van der Waals surface area contributed by atoms with Gasteiger partial charge in [0.05, 0.1) is 11.9 Å². The van der Waals surface area contributed by atoms with E-state index in [1.54, 1.807) is 12.1 Å². The van der Waals surface area contributed by atoms with E-state index in [9.17, 15) is 13.2 Å². The van der Waals surface area contributed by atoms with E-state index in [0.29, 0.717) is 22.8 Å². The Morgan fingerprint density at radius 1 is 1.09 bits per heavy atom. The molecule has 0 saturated heterocycles. The fraction of sp³-hybridized carbons (Fsp3) is 0.583. The van der Waals surface area contributed by atoms with Crippen molar-refractivity contribution >= 4 is 38.2 Å². The van der Waals surface area contributed by atoms with Crippen molar-refractivity contribution in [2.24, 2.45) is 0 Å². The average molecular weight is 496 g/mol. The predicted molar refractivity (Wildman–Crippen MR) is 137 cm³/mol. The van der Waals surface area contributed by atoms with E-state index in [-0.39, 0.29) is 5.91 Å². The van der Waals surface area contributed by atoms with Crippen LogP contribution in [-0.4, -0.2) is 31.8 Å². The third kappa shape index (κ3) is 9.43. The second kappa shape index (κ2) is 13.1. The normalized spacial score (nSPS) is 12.5. The molecular formula is C24H37N3O4S2. The van der Waals surface area contributed by atoms with E-state index in [2.05, 4.69) is 22.5 Å². The molecule has 2 N–H and O–H groups in total. The molecule has 0 bridgehead atoms. The molecule has 0 spiro atoms. The van der Waals surface area contributed by atoms with Gasteiger partial charge in [0.1, 0.15) is 6.23 Å². The Bertz CT molecular complexity index is 999. The minimum atomic E-state index is -3.63. The minimum absolute atomic E-state index is 0.252. The molecule has 0 aliphatic carbocycles. The number of amides is 1. The topological polar surface area (TPSA) is 97.4 Å². The maximum Gasteiger partial charge on any atom is 0.266 e. The molecule has 1 heterocycles. The molecule has 7 nitrogen and oxygen atoms in total. The Kier molecular flexibility index (Phi) is 10.8. The summed E-state index contributed by atoms with van der Waals surface area (Å²) in [4.78, 5) is 18.3. The number of hydrogen-bond acceptors (Lipinski definition) is 7. The maximum absolute atomic E-state index is 12.8. The summed E-state index contributed by atoms with van der Waals surface area (Å²) in [6.45, 7) is 7.90. The van der Waals surface area contributed by atoms with Crippen LogP contribution < -0.4 is 10.6 Å². The zero-order valence-electron chi connectivity index (χ0n) is 20.4. The molecule has 0 radical (unpaired) electrons. The lowest BCUT2D eigenvalue weighted by molar-refractivity contribution is 0.102. The predicted octanol–water partition coefficient (Wildman–Crippen LogP) is 6.18. The Morgan fingerprint density at radius 3 is 2.36 bits per heavy atom. The van der Waals surface area contributed by atoms with Crippen molar-refractivity contribution in [2.75, 3.05) is 16.9 Å². The van der Waals surface area contributed by atoms with Crippen LogP contribution in [0.25, 0.3) is 0 Å². The van der Waals surface area contributed by atoms with Gasteiger partial charge in [-0.25, -0.2) is 9.17 Å². The number of aryl methyl sites for hydroxylation is 2. The Labute approximate surface area is 202 Å². The number of hydrogen-bond donors (Lipinski definition) is 2. The van der Waals surface area contributed by atoms with Gasteiger partial charge in [0.2, 0.25) is 0 Å². The Hall–Kier alpha value is -1.97. The summed E-state index contributed by atoms with van der Waals surface area (Å²) >= 11 is 1.44. The van der Waals surface area contributed by atoms with E-state index >= 15 is 0 Å². The largest absolute Gasteiger partial charge is 0.359 e. The molecule has 1 aromatic carbocycles. The number of benzene rings is 1. The van der Waals surface area contributed by atoms with Gasteiger partial charge >= 0.3 is 0 Å². The van der Waals surface area contributed by atoms with Crippen molar-refractivity contribution in [3.05, 3.63) is 39.9 Å². The minimum Gasteiger partial charge on any atom is -0.359 e. The van der Waals surface area contributed by atoms with Gasteiger partial charge in [0.25, 0.3) is 16.0 Å². The van der Waals surface area contributed by atoms with Crippen molar-refractivity contribution in [1.29, 1.82) is 0 Å². The van der Waals surface area contributed by atoms with Gasteiger partial charge in [-0.3, -0.25) is 10.1 Å². The second-order valence-electron chi connectivity index (χ2n) is 8.44. The first-order valence-corrected chi connectivity index (χ1v) is 14.2. The van der Waals surface area contributed by atoms with Crippen molar-refractivity contribution in [3.8, 4) is 0 Å². The number of aromatic nitrogens is 1. The fourth-order valence-corrected chi connectivity index (χ4v) is 4.92. The summed E-state index contributed by atoms with van der Waals surface area (Å²) in [6, 6.07) is 5.34. The molecule has 0 aliphatic rings. The number of unbranched alkanes of at least 4 members (excludes halogenated alkanes) is 6. The molecule has 1 unspecified atom stereocenters. The van der Waals surface area contributed by atoms with Crippen LogP contribution in [0, 0.1) is 20.8 Å². The Balaban J connectivity index is 2.05. The third-order valence-electron chi connectivity index (χ3n) is 5.50. The maximum atomic E-state index is 12.8. The van der Waals surface area contributed by atoms with Crippen LogP contribution >= 0.6 is 11.3 Å².